The summed E-state index contributed by atoms with van der Waals surface area (Å²) in [5.41, 5.74) is 0.229. The van der Waals surface area contributed by atoms with Crippen molar-refractivity contribution in [3.05, 3.63) is 0 Å². The maximum Gasteiger partial charge on any atom is 0.0474 e. The number of hydrogen-bond donors (Lipinski definition) is 1. The van der Waals surface area contributed by atoms with E-state index in [2.05, 4.69) is 38.2 Å². The second kappa shape index (κ2) is 6.35. The maximum absolute atomic E-state index is 4.97. The van der Waals surface area contributed by atoms with Gasteiger partial charge in [0.2, 0.25) is 0 Å². The molecule has 0 spiro atoms. The number of methoxy groups -OCH3 is 1. The lowest BCUT2D eigenvalue weighted by atomic mass is 10.0. The summed E-state index contributed by atoms with van der Waals surface area (Å²) in [4.78, 5) is 2.23. The van der Waals surface area contributed by atoms with Gasteiger partial charge in [-0.3, -0.25) is 0 Å². The lowest BCUT2D eigenvalue weighted by Gasteiger charge is -2.32. The molecule has 0 aliphatic heterocycles. The smallest absolute Gasteiger partial charge is 0.0474 e. The van der Waals surface area contributed by atoms with Gasteiger partial charge in [-0.05, 0) is 40.9 Å². The minimum Gasteiger partial charge on any atom is -0.385 e. The van der Waals surface area contributed by atoms with Gasteiger partial charge < -0.3 is 15.0 Å². The molecular formula is C10H24N2O. The van der Waals surface area contributed by atoms with Crippen LogP contribution in [0.5, 0.6) is 0 Å². The molecule has 0 fully saturated rings. The molecule has 13 heavy (non-hydrogen) atoms. The first kappa shape index (κ1) is 12.9. The first-order valence-corrected chi connectivity index (χ1v) is 4.88. The van der Waals surface area contributed by atoms with Gasteiger partial charge in [-0.2, -0.15) is 0 Å². The van der Waals surface area contributed by atoms with Crippen molar-refractivity contribution in [2.24, 2.45) is 0 Å². The third-order valence-electron chi connectivity index (χ3n) is 2.47. The number of rotatable bonds is 7. The Morgan fingerprint density at radius 2 is 1.92 bits per heavy atom. The molecule has 0 aliphatic rings. The van der Waals surface area contributed by atoms with E-state index in [1.54, 1.807) is 7.11 Å². The summed E-state index contributed by atoms with van der Waals surface area (Å²) in [5, 5.41) is 3.42. The molecule has 80 valence electrons. The zero-order chi connectivity index (χ0) is 10.3. The van der Waals surface area contributed by atoms with Crippen molar-refractivity contribution in [2.75, 3.05) is 40.9 Å². The fourth-order valence-corrected chi connectivity index (χ4v) is 0.894. The van der Waals surface area contributed by atoms with Crippen LogP contribution in [0.2, 0.25) is 0 Å². The SMILES string of the molecule is COCCCNCC(C)(C)N(C)C. The molecule has 0 saturated heterocycles. The van der Waals surface area contributed by atoms with E-state index in [0.29, 0.717) is 0 Å². The summed E-state index contributed by atoms with van der Waals surface area (Å²) in [6.07, 6.45) is 1.08. The Kier molecular flexibility index (Phi) is 6.29. The molecule has 0 aliphatic carbocycles. The van der Waals surface area contributed by atoms with Crippen molar-refractivity contribution in [1.82, 2.24) is 10.2 Å². The van der Waals surface area contributed by atoms with E-state index in [4.69, 9.17) is 4.74 Å². The second-order valence-electron chi connectivity index (χ2n) is 4.23. The van der Waals surface area contributed by atoms with Crippen LogP contribution in [0.25, 0.3) is 0 Å². The van der Waals surface area contributed by atoms with Crippen LogP contribution in [0, 0.1) is 0 Å². The summed E-state index contributed by atoms with van der Waals surface area (Å²) in [5.74, 6) is 0. The highest BCUT2D eigenvalue weighted by atomic mass is 16.5. The molecule has 0 heterocycles. The normalized spacial score (nSPS) is 12.5. The van der Waals surface area contributed by atoms with E-state index < -0.39 is 0 Å². The molecule has 3 heteroatoms. The molecule has 0 radical (unpaired) electrons. The van der Waals surface area contributed by atoms with Crippen molar-refractivity contribution >= 4 is 0 Å². The molecule has 0 aromatic carbocycles. The van der Waals surface area contributed by atoms with Crippen LogP contribution in [0.3, 0.4) is 0 Å². The Bertz CT molecular complexity index is 124. The van der Waals surface area contributed by atoms with Crippen molar-refractivity contribution in [3.8, 4) is 0 Å². The predicted molar refractivity (Wildman–Crippen MR) is 57.1 cm³/mol. The minimum atomic E-state index is 0.229. The van der Waals surface area contributed by atoms with Crippen molar-refractivity contribution < 1.29 is 4.74 Å². The van der Waals surface area contributed by atoms with Gasteiger partial charge in [0.25, 0.3) is 0 Å². The molecule has 0 aromatic heterocycles. The molecule has 0 aromatic rings. The van der Waals surface area contributed by atoms with Gasteiger partial charge in [0, 0.05) is 25.8 Å². The van der Waals surface area contributed by atoms with E-state index in [9.17, 15) is 0 Å². The summed E-state index contributed by atoms with van der Waals surface area (Å²) >= 11 is 0. The Hall–Kier alpha value is -0.120. The highest BCUT2D eigenvalue weighted by molar-refractivity contribution is 4.79. The van der Waals surface area contributed by atoms with E-state index >= 15 is 0 Å². The fraction of sp³-hybridized carbons (Fsp3) is 1.00. The second-order valence-corrected chi connectivity index (χ2v) is 4.23. The quantitative estimate of drug-likeness (QED) is 0.602. The highest BCUT2D eigenvalue weighted by Gasteiger charge is 2.18. The number of hydrogen-bond acceptors (Lipinski definition) is 3. The van der Waals surface area contributed by atoms with Gasteiger partial charge in [-0.25, -0.2) is 0 Å². The summed E-state index contributed by atoms with van der Waals surface area (Å²) < 4.78 is 4.97. The summed E-state index contributed by atoms with van der Waals surface area (Å²) in [7, 11) is 5.96. The van der Waals surface area contributed by atoms with Crippen LogP contribution < -0.4 is 5.32 Å². The van der Waals surface area contributed by atoms with Gasteiger partial charge in [0.1, 0.15) is 0 Å². The molecule has 0 saturated carbocycles. The number of likely N-dealkylation sites (N-methyl/N-ethyl adjacent to an activating group) is 1. The molecule has 0 atom stereocenters. The summed E-state index contributed by atoms with van der Waals surface area (Å²) in [6.45, 7) is 7.36. The number of nitrogens with zero attached hydrogens (tertiary/aromatic N) is 1. The van der Waals surface area contributed by atoms with E-state index in [1.807, 2.05) is 0 Å². The predicted octanol–water partition coefficient (Wildman–Crippen LogP) is 0.953. The van der Waals surface area contributed by atoms with Crippen molar-refractivity contribution in [1.29, 1.82) is 0 Å². The monoisotopic (exact) mass is 188 g/mol. The van der Waals surface area contributed by atoms with E-state index in [1.165, 1.54) is 0 Å². The van der Waals surface area contributed by atoms with Gasteiger partial charge in [0.15, 0.2) is 0 Å². The molecule has 3 nitrogen and oxygen atoms in total. The third-order valence-corrected chi connectivity index (χ3v) is 2.47. The van der Waals surface area contributed by atoms with Crippen LogP contribution in [-0.2, 0) is 4.74 Å². The van der Waals surface area contributed by atoms with Gasteiger partial charge >= 0.3 is 0 Å². The van der Waals surface area contributed by atoms with Crippen LogP contribution in [0.15, 0.2) is 0 Å². The molecule has 0 unspecified atom stereocenters. The molecule has 1 N–H and O–H groups in total. The fourth-order valence-electron chi connectivity index (χ4n) is 0.894. The maximum atomic E-state index is 4.97. The minimum absolute atomic E-state index is 0.229. The van der Waals surface area contributed by atoms with E-state index in [0.717, 1.165) is 26.1 Å². The first-order valence-electron chi connectivity index (χ1n) is 4.88. The van der Waals surface area contributed by atoms with Gasteiger partial charge in [-0.1, -0.05) is 0 Å². The molecule has 0 bridgehead atoms. The molecule has 0 rings (SSSR count). The van der Waals surface area contributed by atoms with Crippen molar-refractivity contribution in [2.45, 2.75) is 25.8 Å². The van der Waals surface area contributed by atoms with Crippen LogP contribution in [0.1, 0.15) is 20.3 Å². The van der Waals surface area contributed by atoms with E-state index in [-0.39, 0.29) is 5.54 Å². The Morgan fingerprint density at radius 1 is 1.31 bits per heavy atom. The average molecular weight is 188 g/mol. The Labute approximate surface area is 82.4 Å². The standard InChI is InChI=1S/C10H24N2O/c1-10(2,12(3)4)9-11-7-6-8-13-5/h11H,6-9H2,1-5H3. The zero-order valence-corrected chi connectivity index (χ0v) is 9.68. The largest absolute Gasteiger partial charge is 0.385 e. The zero-order valence-electron chi connectivity index (χ0n) is 9.68. The number of ether oxygens (including phenoxy) is 1. The highest BCUT2D eigenvalue weighted by Crippen LogP contribution is 2.07. The lowest BCUT2D eigenvalue weighted by Crippen LogP contribution is -2.46. The van der Waals surface area contributed by atoms with Crippen LogP contribution in [0.4, 0.5) is 0 Å². The molecular weight excluding hydrogens is 164 g/mol. The number of nitrogens with one attached hydrogen (secondary N) is 1. The van der Waals surface area contributed by atoms with Crippen molar-refractivity contribution in [3.63, 3.8) is 0 Å². The lowest BCUT2D eigenvalue weighted by molar-refractivity contribution is 0.178. The average Bonchev–Trinajstić information content (AvgIpc) is 2.03. The van der Waals surface area contributed by atoms with Gasteiger partial charge in [0.05, 0.1) is 0 Å². The first-order chi connectivity index (χ1) is 6.00. The Morgan fingerprint density at radius 3 is 2.38 bits per heavy atom. The van der Waals surface area contributed by atoms with Crippen LogP contribution >= 0.6 is 0 Å². The molecule has 0 amide bonds. The van der Waals surface area contributed by atoms with Crippen LogP contribution in [-0.4, -0.2) is 51.3 Å². The van der Waals surface area contributed by atoms with Gasteiger partial charge in [-0.15, -0.1) is 0 Å². The third kappa shape index (κ3) is 6.02. The topological polar surface area (TPSA) is 24.5 Å². The Balaban J connectivity index is 3.41. The summed E-state index contributed by atoms with van der Waals surface area (Å²) in [6, 6.07) is 0.